The van der Waals surface area contributed by atoms with Crippen molar-refractivity contribution in [1.82, 2.24) is 4.90 Å². The average molecular weight is 258 g/mol. The second-order valence-electron chi connectivity index (χ2n) is 5.47. The van der Waals surface area contributed by atoms with Crippen LogP contribution in [0.5, 0.6) is 0 Å². The molecular weight excluding hydrogens is 236 g/mol. The molecule has 1 aromatic carbocycles. The summed E-state index contributed by atoms with van der Waals surface area (Å²) in [5.74, 6) is 0.619. The molecular formula is C16H22N2O. The van der Waals surface area contributed by atoms with Crippen molar-refractivity contribution in [2.75, 3.05) is 26.3 Å². The Bertz CT molecular complexity index is 427. The molecule has 102 valence electrons. The Morgan fingerprint density at radius 2 is 1.84 bits per heavy atom. The van der Waals surface area contributed by atoms with Crippen LogP contribution >= 0.6 is 0 Å². The topological polar surface area (TPSA) is 36.3 Å². The van der Waals surface area contributed by atoms with Gasteiger partial charge in [0.05, 0.1) is 24.8 Å². The minimum Gasteiger partial charge on any atom is -0.379 e. The number of rotatable bonds is 4. The minimum absolute atomic E-state index is 0.553. The summed E-state index contributed by atoms with van der Waals surface area (Å²) in [7, 11) is 0. The normalized spacial score (nSPS) is 18.2. The van der Waals surface area contributed by atoms with E-state index < -0.39 is 0 Å². The zero-order chi connectivity index (χ0) is 13.7. The van der Waals surface area contributed by atoms with Crippen molar-refractivity contribution in [2.45, 2.75) is 26.3 Å². The maximum atomic E-state index is 8.83. The Hall–Kier alpha value is -1.37. The molecule has 0 bridgehead atoms. The third-order valence-corrected chi connectivity index (χ3v) is 3.81. The first-order valence-corrected chi connectivity index (χ1v) is 7.01. The molecule has 3 heteroatoms. The average Bonchev–Trinajstić information content (AvgIpc) is 2.46. The van der Waals surface area contributed by atoms with Crippen LogP contribution in [0.1, 0.15) is 25.0 Å². The summed E-state index contributed by atoms with van der Waals surface area (Å²) in [4.78, 5) is 2.53. The fourth-order valence-corrected chi connectivity index (χ4v) is 2.65. The maximum absolute atomic E-state index is 8.83. The van der Waals surface area contributed by atoms with Crippen molar-refractivity contribution in [3.05, 3.63) is 35.4 Å². The summed E-state index contributed by atoms with van der Waals surface area (Å²) in [6.45, 7) is 8.30. The largest absolute Gasteiger partial charge is 0.379 e. The first-order chi connectivity index (χ1) is 9.20. The quantitative estimate of drug-likeness (QED) is 0.832. The summed E-state index contributed by atoms with van der Waals surface area (Å²) < 4.78 is 5.43. The van der Waals surface area contributed by atoms with E-state index in [4.69, 9.17) is 10.00 Å². The lowest BCUT2D eigenvalue weighted by Gasteiger charge is -2.37. The summed E-state index contributed by atoms with van der Waals surface area (Å²) in [5.41, 5.74) is 2.04. The van der Waals surface area contributed by atoms with E-state index in [-0.39, 0.29) is 0 Å². The highest BCUT2D eigenvalue weighted by molar-refractivity contribution is 5.31. The molecule has 1 aromatic rings. The van der Waals surface area contributed by atoms with Crippen LogP contribution in [0.4, 0.5) is 0 Å². The minimum atomic E-state index is 0.553. The first kappa shape index (κ1) is 14.0. The summed E-state index contributed by atoms with van der Waals surface area (Å²) in [6.07, 6.45) is 1.05. The Kier molecular flexibility index (Phi) is 4.95. The molecule has 2 rings (SSSR count). The van der Waals surface area contributed by atoms with E-state index >= 15 is 0 Å². The van der Waals surface area contributed by atoms with Gasteiger partial charge in [-0.3, -0.25) is 4.90 Å². The number of morpholine rings is 1. The van der Waals surface area contributed by atoms with Gasteiger partial charge in [0.25, 0.3) is 0 Å². The number of hydrogen-bond acceptors (Lipinski definition) is 3. The molecule has 0 saturated carbocycles. The van der Waals surface area contributed by atoms with Gasteiger partial charge in [0, 0.05) is 19.1 Å². The van der Waals surface area contributed by atoms with Crippen molar-refractivity contribution < 1.29 is 4.74 Å². The van der Waals surface area contributed by atoms with Gasteiger partial charge in [-0.2, -0.15) is 5.26 Å². The Labute approximate surface area is 115 Å². The van der Waals surface area contributed by atoms with Crippen molar-refractivity contribution in [3.63, 3.8) is 0 Å². The molecule has 1 aliphatic heterocycles. The van der Waals surface area contributed by atoms with Crippen LogP contribution in [0.2, 0.25) is 0 Å². The molecule has 3 nitrogen and oxygen atoms in total. The zero-order valence-corrected chi connectivity index (χ0v) is 11.8. The molecule has 0 spiro atoms. The molecule has 0 radical (unpaired) electrons. The fraction of sp³-hybridized carbons (Fsp3) is 0.562. The van der Waals surface area contributed by atoms with Crippen LogP contribution in [0.15, 0.2) is 24.3 Å². The predicted molar refractivity (Wildman–Crippen MR) is 75.9 cm³/mol. The van der Waals surface area contributed by atoms with Crippen LogP contribution in [0, 0.1) is 17.2 Å². The Balaban J connectivity index is 2.05. The van der Waals surface area contributed by atoms with Gasteiger partial charge in [0.2, 0.25) is 0 Å². The number of nitrogens with zero attached hydrogens (tertiary/aromatic N) is 2. The monoisotopic (exact) mass is 258 g/mol. The first-order valence-electron chi connectivity index (χ1n) is 7.01. The molecule has 1 saturated heterocycles. The van der Waals surface area contributed by atoms with Crippen LogP contribution in [-0.2, 0) is 11.2 Å². The summed E-state index contributed by atoms with van der Waals surface area (Å²) >= 11 is 0. The van der Waals surface area contributed by atoms with Crippen LogP contribution < -0.4 is 0 Å². The number of hydrogen-bond donors (Lipinski definition) is 0. The zero-order valence-electron chi connectivity index (χ0n) is 11.8. The van der Waals surface area contributed by atoms with Gasteiger partial charge in [-0.05, 0) is 30.0 Å². The van der Waals surface area contributed by atoms with Gasteiger partial charge >= 0.3 is 0 Å². The maximum Gasteiger partial charge on any atom is 0.0991 e. The molecule has 1 unspecified atom stereocenters. The lowest BCUT2D eigenvalue weighted by atomic mass is 9.94. The smallest absolute Gasteiger partial charge is 0.0991 e. The number of benzene rings is 1. The fourth-order valence-electron chi connectivity index (χ4n) is 2.65. The summed E-state index contributed by atoms with van der Waals surface area (Å²) in [6, 6.07) is 10.7. The van der Waals surface area contributed by atoms with Crippen LogP contribution in [-0.4, -0.2) is 37.2 Å². The molecule has 0 aliphatic carbocycles. The Morgan fingerprint density at radius 1 is 1.21 bits per heavy atom. The van der Waals surface area contributed by atoms with E-state index in [9.17, 15) is 0 Å². The highest BCUT2D eigenvalue weighted by atomic mass is 16.5. The standard InChI is InChI=1S/C16H22N2O/c1-13(2)16(18-7-9-19-10-8-18)11-14-3-5-15(12-17)6-4-14/h3-6,13,16H,7-11H2,1-2H3. The third-order valence-electron chi connectivity index (χ3n) is 3.81. The molecule has 1 atom stereocenters. The van der Waals surface area contributed by atoms with Crippen LogP contribution in [0.25, 0.3) is 0 Å². The van der Waals surface area contributed by atoms with Crippen molar-refractivity contribution >= 4 is 0 Å². The van der Waals surface area contributed by atoms with E-state index in [1.54, 1.807) is 0 Å². The van der Waals surface area contributed by atoms with Crippen molar-refractivity contribution in [1.29, 1.82) is 5.26 Å². The molecule has 0 aromatic heterocycles. The highest BCUT2D eigenvalue weighted by Gasteiger charge is 2.23. The second kappa shape index (κ2) is 6.70. The van der Waals surface area contributed by atoms with E-state index in [0.29, 0.717) is 12.0 Å². The van der Waals surface area contributed by atoms with Gasteiger partial charge in [-0.25, -0.2) is 0 Å². The van der Waals surface area contributed by atoms with E-state index in [1.165, 1.54) is 5.56 Å². The third kappa shape index (κ3) is 3.79. The molecule has 0 N–H and O–H groups in total. The van der Waals surface area contributed by atoms with Gasteiger partial charge in [-0.15, -0.1) is 0 Å². The lowest BCUT2D eigenvalue weighted by molar-refractivity contribution is 0.00641. The molecule has 1 aliphatic rings. The van der Waals surface area contributed by atoms with Crippen molar-refractivity contribution in [3.8, 4) is 6.07 Å². The highest BCUT2D eigenvalue weighted by Crippen LogP contribution is 2.18. The van der Waals surface area contributed by atoms with Crippen LogP contribution in [0.3, 0.4) is 0 Å². The summed E-state index contributed by atoms with van der Waals surface area (Å²) in [5, 5.41) is 8.83. The van der Waals surface area contributed by atoms with Gasteiger partial charge in [0.1, 0.15) is 0 Å². The Morgan fingerprint density at radius 3 is 2.37 bits per heavy atom. The molecule has 0 amide bonds. The lowest BCUT2D eigenvalue weighted by Crippen LogP contribution is -2.47. The molecule has 1 heterocycles. The van der Waals surface area contributed by atoms with Gasteiger partial charge < -0.3 is 4.74 Å². The SMILES string of the molecule is CC(C)C(Cc1ccc(C#N)cc1)N1CCOCC1. The van der Waals surface area contributed by atoms with E-state index in [2.05, 4.69) is 36.9 Å². The van der Waals surface area contributed by atoms with Gasteiger partial charge in [-0.1, -0.05) is 26.0 Å². The van der Waals surface area contributed by atoms with Crippen molar-refractivity contribution in [2.24, 2.45) is 5.92 Å². The van der Waals surface area contributed by atoms with E-state index in [0.717, 1.165) is 38.3 Å². The molecule has 1 fully saturated rings. The second-order valence-corrected chi connectivity index (χ2v) is 5.47. The van der Waals surface area contributed by atoms with E-state index in [1.807, 2.05) is 12.1 Å². The van der Waals surface area contributed by atoms with Gasteiger partial charge in [0.15, 0.2) is 0 Å². The predicted octanol–water partition coefficient (Wildman–Crippen LogP) is 2.46. The number of ether oxygens (including phenoxy) is 1. The number of nitriles is 1. The molecule has 19 heavy (non-hydrogen) atoms.